The van der Waals surface area contributed by atoms with Crippen molar-refractivity contribution in [3.63, 3.8) is 0 Å². The molecule has 1 aliphatic rings. The molecule has 0 N–H and O–H groups in total. The number of rotatable bonds is 11. The third-order valence-electron chi connectivity index (χ3n) is 5.49. The van der Waals surface area contributed by atoms with Crippen LogP contribution in [0, 0.1) is 5.92 Å². The van der Waals surface area contributed by atoms with E-state index in [9.17, 15) is 19.2 Å². The van der Waals surface area contributed by atoms with Gasteiger partial charge in [0.25, 0.3) is 5.91 Å². The molecule has 2 heterocycles. The molecule has 0 radical (unpaired) electrons. The number of hydrogen-bond acceptors (Lipinski definition) is 8. The van der Waals surface area contributed by atoms with Crippen LogP contribution in [0.15, 0.2) is 24.4 Å². The van der Waals surface area contributed by atoms with Crippen LogP contribution >= 0.6 is 0 Å². The summed E-state index contributed by atoms with van der Waals surface area (Å²) in [5.41, 5.74) is 0.847. The van der Waals surface area contributed by atoms with Gasteiger partial charge >= 0.3 is 18.0 Å². The predicted octanol–water partition coefficient (Wildman–Crippen LogP) is 2.55. The van der Waals surface area contributed by atoms with E-state index in [1.807, 2.05) is 25.1 Å². The van der Waals surface area contributed by atoms with Crippen LogP contribution in [-0.4, -0.2) is 77.8 Å². The number of pyridine rings is 1. The summed E-state index contributed by atoms with van der Waals surface area (Å²) in [5.74, 6) is -1.75. The fourth-order valence-electron chi connectivity index (χ4n) is 3.58. The first-order chi connectivity index (χ1) is 16.2. The number of likely N-dealkylation sites (N-methyl/N-ethyl adjacent to an activating group) is 1. The third kappa shape index (κ3) is 8.00. The molecule has 34 heavy (non-hydrogen) atoms. The molecule has 10 heteroatoms. The predicted molar refractivity (Wildman–Crippen MR) is 122 cm³/mol. The standard InChI is InChI=1S/C24H35N3O7/c1-5-9-20(28)34-21(17(2)3)22(29)27-14-8-11-19(27)23(30)32-16-33-24(31)26(4)15-12-18-10-6-7-13-25-18/h6-7,10,13,17,19,21H,5,8-9,11-12,14-16H2,1-4H3/t19-,21+/m0/s1. The lowest BCUT2D eigenvalue weighted by molar-refractivity contribution is -0.168. The fraction of sp³-hybridized carbons (Fsp3) is 0.625. The Morgan fingerprint density at radius 3 is 2.62 bits per heavy atom. The molecule has 2 amide bonds. The van der Waals surface area contributed by atoms with Crippen LogP contribution in [0.2, 0.25) is 0 Å². The average molecular weight is 478 g/mol. The van der Waals surface area contributed by atoms with E-state index in [1.54, 1.807) is 27.1 Å². The van der Waals surface area contributed by atoms with Crippen molar-refractivity contribution >= 4 is 23.9 Å². The first-order valence-electron chi connectivity index (χ1n) is 11.7. The van der Waals surface area contributed by atoms with Gasteiger partial charge < -0.3 is 24.0 Å². The Labute approximate surface area is 200 Å². The highest BCUT2D eigenvalue weighted by Gasteiger charge is 2.40. The summed E-state index contributed by atoms with van der Waals surface area (Å²) in [6.07, 6.45) is 2.54. The Kier molecular flexibility index (Phi) is 10.8. The van der Waals surface area contributed by atoms with Crippen LogP contribution < -0.4 is 0 Å². The number of esters is 2. The number of ether oxygens (including phenoxy) is 3. The number of carbonyl (C=O) groups is 4. The summed E-state index contributed by atoms with van der Waals surface area (Å²) in [6, 6.07) is 4.75. The first kappa shape index (κ1) is 27.1. The Morgan fingerprint density at radius 2 is 1.97 bits per heavy atom. The van der Waals surface area contributed by atoms with Crippen LogP contribution in [0.4, 0.5) is 4.79 Å². The molecule has 2 atom stereocenters. The summed E-state index contributed by atoms with van der Waals surface area (Å²) < 4.78 is 15.5. The number of likely N-dealkylation sites (tertiary alicyclic amines) is 1. The van der Waals surface area contributed by atoms with Gasteiger partial charge in [-0.2, -0.15) is 0 Å². The molecule has 1 aliphatic heterocycles. The highest BCUT2D eigenvalue weighted by Crippen LogP contribution is 2.23. The summed E-state index contributed by atoms with van der Waals surface area (Å²) in [6.45, 7) is 5.63. The van der Waals surface area contributed by atoms with Gasteiger partial charge in [0.05, 0.1) is 0 Å². The lowest BCUT2D eigenvalue weighted by Crippen LogP contribution is -2.49. The van der Waals surface area contributed by atoms with Crippen molar-refractivity contribution in [3.05, 3.63) is 30.1 Å². The number of nitrogens with zero attached hydrogens (tertiary/aromatic N) is 3. The van der Waals surface area contributed by atoms with Gasteiger partial charge in [-0.1, -0.05) is 26.8 Å². The molecule has 10 nitrogen and oxygen atoms in total. The smallest absolute Gasteiger partial charge is 0.412 e. The van der Waals surface area contributed by atoms with Gasteiger partial charge in [-0.25, -0.2) is 9.59 Å². The number of amides is 2. The fourth-order valence-corrected chi connectivity index (χ4v) is 3.58. The van der Waals surface area contributed by atoms with E-state index in [-0.39, 0.29) is 12.3 Å². The molecule has 0 spiro atoms. The van der Waals surface area contributed by atoms with E-state index in [0.717, 1.165) is 5.69 Å². The zero-order chi connectivity index (χ0) is 25.1. The van der Waals surface area contributed by atoms with Crippen LogP contribution in [0.1, 0.15) is 52.1 Å². The third-order valence-corrected chi connectivity index (χ3v) is 5.49. The zero-order valence-corrected chi connectivity index (χ0v) is 20.4. The quantitative estimate of drug-likeness (QED) is 0.353. The van der Waals surface area contributed by atoms with Crippen LogP contribution in [0.5, 0.6) is 0 Å². The molecule has 0 aromatic carbocycles. The van der Waals surface area contributed by atoms with Gasteiger partial charge in [-0.15, -0.1) is 0 Å². The Morgan fingerprint density at radius 1 is 1.21 bits per heavy atom. The van der Waals surface area contributed by atoms with Gasteiger partial charge in [0, 0.05) is 44.9 Å². The summed E-state index contributed by atoms with van der Waals surface area (Å²) in [5, 5.41) is 0. The molecule has 0 bridgehead atoms. The summed E-state index contributed by atoms with van der Waals surface area (Å²) >= 11 is 0. The Hall–Kier alpha value is -3.17. The van der Waals surface area contributed by atoms with Gasteiger partial charge in [-0.05, 0) is 37.3 Å². The van der Waals surface area contributed by atoms with E-state index in [0.29, 0.717) is 38.8 Å². The minimum Gasteiger partial charge on any atom is -0.452 e. The molecule has 188 valence electrons. The monoisotopic (exact) mass is 477 g/mol. The van der Waals surface area contributed by atoms with Crippen molar-refractivity contribution in [2.75, 3.05) is 26.9 Å². The average Bonchev–Trinajstić information content (AvgIpc) is 3.31. The van der Waals surface area contributed by atoms with Gasteiger partial charge in [0.1, 0.15) is 6.04 Å². The molecule has 2 rings (SSSR count). The molecule has 1 aromatic heterocycles. The molecule has 1 saturated heterocycles. The maximum Gasteiger partial charge on any atom is 0.412 e. The van der Waals surface area contributed by atoms with E-state index in [2.05, 4.69) is 4.98 Å². The molecular formula is C24H35N3O7. The van der Waals surface area contributed by atoms with Crippen molar-refractivity contribution in [2.45, 2.75) is 65.0 Å². The largest absolute Gasteiger partial charge is 0.452 e. The topological polar surface area (TPSA) is 115 Å². The number of aromatic nitrogens is 1. The summed E-state index contributed by atoms with van der Waals surface area (Å²) in [7, 11) is 1.58. The van der Waals surface area contributed by atoms with E-state index < -0.39 is 42.9 Å². The van der Waals surface area contributed by atoms with Gasteiger partial charge in [0.2, 0.25) is 6.79 Å². The molecule has 0 saturated carbocycles. The van der Waals surface area contributed by atoms with E-state index in [4.69, 9.17) is 14.2 Å². The minimum atomic E-state index is -0.960. The highest BCUT2D eigenvalue weighted by molar-refractivity contribution is 5.89. The highest BCUT2D eigenvalue weighted by atomic mass is 16.7. The Balaban J connectivity index is 1.83. The molecule has 1 fully saturated rings. The van der Waals surface area contributed by atoms with Crippen LogP contribution in [0.25, 0.3) is 0 Å². The second kappa shape index (κ2) is 13.5. The van der Waals surface area contributed by atoms with E-state index >= 15 is 0 Å². The zero-order valence-electron chi connectivity index (χ0n) is 20.4. The lowest BCUT2D eigenvalue weighted by atomic mass is 10.1. The maximum atomic E-state index is 13.0. The SMILES string of the molecule is CCCC(=O)O[C@@H](C(=O)N1CCC[C@H]1C(=O)OCOC(=O)N(C)CCc1ccccn1)C(C)C. The first-order valence-corrected chi connectivity index (χ1v) is 11.7. The molecule has 0 aliphatic carbocycles. The second-order valence-corrected chi connectivity index (χ2v) is 8.58. The number of carbonyl (C=O) groups excluding carboxylic acids is 4. The lowest BCUT2D eigenvalue weighted by Gasteiger charge is -2.29. The van der Waals surface area contributed by atoms with Crippen molar-refractivity contribution in [1.82, 2.24) is 14.8 Å². The molecular weight excluding hydrogens is 442 g/mol. The normalized spacial score (nSPS) is 16.1. The summed E-state index contributed by atoms with van der Waals surface area (Å²) in [4.78, 5) is 56.7. The van der Waals surface area contributed by atoms with Crippen molar-refractivity contribution < 1.29 is 33.4 Å². The Bertz CT molecular complexity index is 831. The number of hydrogen-bond donors (Lipinski definition) is 0. The minimum absolute atomic E-state index is 0.226. The molecule has 1 aromatic rings. The molecule has 0 unspecified atom stereocenters. The maximum absolute atomic E-state index is 13.0. The van der Waals surface area contributed by atoms with Crippen molar-refractivity contribution in [1.29, 1.82) is 0 Å². The van der Waals surface area contributed by atoms with Crippen molar-refractivity contribution in [3.8, 4) is 0 Å². The van der Waals surface area contributed by atoms with Crippen LogP contribution in [0.3, 0.4) is 0 Å². The van der Waals surface area contributed by atoms with Crippen molar-refractivity contribution in [2.24, 2.45) is 5.92 Å². The van der Waals surface area contributed by atoms with Gasteiger partial charge in [-0.3, -0.25) is 14.6 Å². The van der Waals surface area contributed by atoms with E-state index in [1.165, 1.54) is 9.80 Å². The second-order valence-electron chi connectivity index (χ2n) is 8.58. The van der Waals surface area contributed by atoms with Gasteiger partial charge in [0.15, 0.2) is 6.10 Å². The van der Waals surface area contributed by atoms with Crippen LogP contribution in [-0.2, 0) is 35.0 Å².